The first-order valence-corrected chi connectivity index (χ1v) is 9.60. The van der Waals surface area contributed by atoms with Gasteiger partial charge in [-0.05, 0) is 44.4 Å². The monoisotopic (exact) mass is 384 g/mol. The first kappa shape index (κ1) is 18.3. The third-order valence-electron chi connectivity index (χ3n) is 4.75. The van der Waals surface area contributed by atoms with Gasteiger partial charge in [-0.1, -0.05) is 0 Å². The Morgan fingerprint density at radius 2 is 1.96 bits per heavy atom. The fourth-order valence-corrected chi connectivity index (χ4v) is 3.34. The van der Waals surface area contributed by atoms with Crippen LogP contribution in [-0.4, -0.2) is 48.9 Å². The molecule has 28 heavy (non-hydrogen) atoms. The van der Waals surface area contributed by atoms with E-state index in [1.807, 2.05) is 13.0 Å². The number of carbonyl (C=O) groups is 1. The molecular formula is C20H24N4O4. The second kappa shape index (κ2) is 8.33. The highest BCUT2D eigenvalue weighted by atomic mass is 16.7. The normalized spacial score (nSPS) is 15.4. The van der Waals surface area contributed by atoms with E-state index in [1.165, 1.54) is 19.3 Å². The number of nitrogens with one attached hydrogen (secondary N) is 1. The Kier molecular flexibility index (Phi) is 5.45. The number of rotatable bonds is 6. The summed E-state index contributed by atoms with van der Waals surface area (Å²) in [7, 11) is 0. The van der Waals surface area contributed by atoms with E-state index in [4.69, 9.17) is 14.2 Å². The number of aryl methyl sites for hydroxylation is 1. The van der Waals surface area contributed by atoms with E-state index in [0.29, 0.717) is 41.9 Å². The predicted octanol–water partition coefficient (Wildman–Crippen LogP) is 2.31. The van der Waals surface area contributed by atoms with Crippen LogP contribution in [0.4, 0.5) is 5.82 Å². The molecule has 0 unspecified atom stereocenters. The molecular weight excluding hydrogens is 360 g/mol. The Labute approximate surface area is 163 Å². The lowest BCUT2D eigenvalue weighted by molar-refractivity contribution is 0.0946. The molecule has 0 atom stereocenters. The van der Waals surface area contributed by atoms with E-state index < -0.39 is 0 Å². The summed E-state index contributed by atoms with van der Waals surface area (Å²) in [5.41, 5.74) is 0.523. The minimum Gasteiger partial charge on any atom is -0.476 e. The summed E-state index contributed by atoms with van der Waals surface area (Å²) in [5.74, 6) is 3.18. The maximum atomic E-state index is 12.3. The molecule has 148 valence electrons. The number of hydrogen-bond acceptors (Lipinski definition) is 7. The van der Waals surface area contributed by atoms with Crippen LogP contribution in [0, 0.1) is 6.92 Å². The molecule has 4 rings (SSSR count). The molecule has 2 aromatic rings. The van der Waals surface area contributed by atoms with Crippen molar-refractivity contribution in [3.63, 3.8) is 0 Å². The van der Waals surface area contributed by atoms with Crippen molar-refractivity contribution < 1.29 is 19.0 Å². The molecule has 8 nitrogen and oxygen atoms in total. The summed E-state index contributed by atoms with van der Waals surface area (Å²) in [6.45, 7) is 4.78. The number of anilines is 1. The van der Waals surface area contributed by atoms with Gasteiger partial charge < -0.3 is 24.4 Å². The van der Waals surface area contributed by atoms with Crippen molar-refractivity contribution in [2.24, 2.45) is 0 Å². The van der Waals surface area contributed by atoms with Gasteiger partial charge in [0.15, 0.2) is 11.5 Å². The summed E-state index contributed by atoms with van der Waals surface area (Å²) in [6, 6.07) is 7.00. The number of benzene rings is 1. The SMILES string of the molecule is Cc1nc(OCCNC(=O)c2ccc3c(c2)OCO3)cc(N2CCCCC2)n1. The Balaban J connectivity index is 1.29. The number of ether oxygens (including phenoxy) is 3. The van der Waals surface area contributed by atoms with Gasteiger partial charge in [0.05, 0.1) is 6.54 Å². The number of aromatic nitrogens is 2. The van der Waals surface area contributed by atoms with Crippen molar-refractivity contribution >= 4 is 11.7 Å². The molecule has 1 aromatic carbocycles. The van der Waals surface area contributed by atoms with Crippen LogP contribution in [0.25, 0.3) is 0 Å². The Bertz CT molecular complexity index is 852. The number of fused-ring (bicyclic) bond motifs is 1. The first-order chi connectivity index (χ1) is 13.7. The van der Waals surface area contributed by atoms with Gasteiger partial charge in [-0.3, -0.25) is 4.79 Å². The zero-order valence-corrected chi connectivity index (χ0v) is 15.9. The molecule has 8 heteroatoms. The third kappa shape index (κ3) is 4.27. The number of amides is 1. The molecule has 0 bridgehead atoms. The molecule has 0 saturated carbocycles. The summed E-state index contributed by atoms with van der Waals surface area (Å²) < 4.78 is 16.3. The zero-order valence-electron chi connectivity index (χ0n) is 15.9. The van der Waals surface area contributed by atoms with Crippen LogP contribution >= 0.6 is 0 Å². The highest BCUT2D eigenvalue weighted by molar-refractivity contribution is 5.94. The van der Waals surface area contributed by atoms with Crippen LogP contribution in [0.2, 0.25) is 0 Å². The summed E-state index contributed by atoms with van der Waals surface area (Å²) in [5, 5.41) is 2.84. The molecule has 3 heterocycles. The molecule has 1 N–H and O–H groups in total. The molecule has 2 aliphatic rings. The van der Waals surface area contributed by atoms with Crippen molar-refractivity contribution in [3.8, 4) is 17.4 Å². The van der Waals surface area contributed by atoms with Crippen LogP contribution in [-0.2, 0) is 0 Å². The van der Waals surface area contributed by atoms with E-state index in [-0.39, 0.29) is 12.7 Å². The van der Waals surface area contributed by atoms with E-state index in [2.05, 4.69) is 20.2 Å². The van der Waals surface area contributed by atoms with Crippen LogP contribution < -0.4 is 24.4 Å². The van der Waals surface area contributed by atoms with Gasteiger partial charge in [0.1, 0.15) is 18.2 Å². The summed E-state index contributed by atoms with van der Waals surface area (Å²) >= 11 is 0. The van der Waals surface area contributed by atoms with Crippen molar-refractivity contribution in [1.29, 1.82) is 0 Å². The summed E-state index contributed by atoms with van der Waals surface area (Å²) in [4.78, 5) is 23.4. The van der Waals surface area contributed by atoms with Gasteiger partial charge in [-0.15, -0.1) is 0 Å². The largest absolute Gasteiger partial charge is 0.476 e. The molecule has 0 aliphatic carbocycles. The molecule has 0 radical (unpaired) electrons. The fraction of sp³-hybridized carbons (Fsp3) is 0.450. The maximum Gasteiger partial charge on any atom is 0.251 e. The minimum absolute atomic E-state index is 0.185. The van der Waals surface area contributed by atoms with E-state index >= 15 is 0 Å². The van der Waals surface area contributed by atoms with Gasteiger partial charge in [0.25, 0.3) is 5.91 Å². The van der Waals surface area contributed by atoms with E-state index in [0.717, 1.165) is 18.9 Å². The van der Waals surface area contributed by atoms with Crippen molar-refractivity contribution in [1.82, 2.24) is 15.3 Å². The lowest BCUT2D eigenvalue weighted by Gasteiger charge is -2.28. The van der Waals surface area contributed by atoms with Gasteiger partial charge in [-0.25, -0.2) is 4.98 Å². The highest BCUT2D eigenvalue weighted by Crippen LogP contribution is 2.32. The van der Waals surface area contributed by atoms with Gasteiger partial charge in [0.2, 0.25) is 12.7 Å². The molecule has 0 spiro atoms. The number of hydrogen-bond donors (Lipinski definition) is 1. The van der Waals surface area contributed by atoms with Crippen LogP contribution in [0.3, 0.4) is 0 Å². The smallest absolute Gasteiger partial charge is 0.251 e. The Morgan fingerprint density at radius 1 is 1.14 bits per heavy atom. The van der Waals surface area contributed by atoms with Gasteiger partial charge in [0, 0.05) is 24.7 Å². The second-order valence-electron chi connectivity index (χ2n) is 6.83. The maximum absolute atomic E-state index is 12.3. The van der Waals surface area contributed by atoms with Crippen LogP contribution in [0.5, 0.6) is 17.4 Å². The van der Waals surface area contributed by atoms with Crippen molar-refractivity contribution in [2.45, 2.75) is 26.2 Å². The standard InChI is InChI=1S/C20H24N4O4/c1-14-22-18(24-8-3-2-4-9-24)12-19(23-14)26-10-7-21-20(25)15-5-6-16-17(11-15)28-13-27-16/h5-6,11-12H,2-4,7-10,13H2,1H3,(H,21,25). The van der Waals surface area contributed by atoms with Gasteiger partial charge >= 0.3 is 0 Å². The first-order valence-electron chi connectivity index (χ1n) is 9.60. The lowest BCUT2D eigenvalue weighted by Crippen LogP contribution is -2.30. The number of piperidine rings is 1. The third-order valence-corrected chi connectivity index (χ3v) is 4.75. The quantitative estimate of drug-likeness (QED) is 0.765. The lowest BCUT2D eigenvalue weighted by atomic mass is 10.1. The molecule has 2 aliphatic heterocycles. The van der Waals surface area contributed by atoms with E-state index in [9.17, 15) is 4.79 Å². The van der Waals surface area contributed by atoms with Crippen LogP contribution in [0.15, 0.2) is 24.3 Å². The fourth-order valence-electron chi connectivity index (χ4n) is 3.34. The minimum atomic E-state index is -0.185. The number of nitrogens with zero attached hydrogens (tertiary/aromatic N) is 3. The van der Waals surface area contributed by atoms with Crippen molar-refractivity contribution in [3.05, 3.63) is 35.7 Å². The molecule has 1 aromatic heterocycles. The van der Waals surface area contributed by atoms with Gasteiger partial charge in [-0.2, -0.15) is 4.98 Å². The Hall–Kier alpha value is -3.03. The predicted molar refractivity (Wildman–Crippen MR) is 103 cm³/mol. The van der Waals surface area contributed by atoms with Crippen LogP contribution in [0.1, 0.15) is 35.4 Å². The number of carbonyl (C=O) groups excluding carboxylic acids is 1. The topological polar surface area (TPSA) is 85.8 Å². The zero-order chi connectivity index (χ0) is 19.3. The second-order valence-corrected chi connectivity index (χ2v) is 6.83. The average molecular weight is 384 g/mol. The van der Waals surface area contributed by atoms with Crippen molar-refractivity contribution in [2.75, 3.05) is 37.9 Å². The Morgan fingerprint density at radius 3 is 2.82 bits per heavy atom. The summed E-state index contributed by atoms with van der Waals surface area (Å²) in [6.07, 6.45) is 3.64. The molecule has 1 saturated heterocycles. The molecule has 1 fully saturated rings. The highest BCUT2D eigenvalue weighted by Gasteiger charge is 2.16. The van der Waals surface area contributed by atoms with E-state index in [1.54, 1.807) is 18.2 Å². The molecule has 1 amide bonds. The average Bonchev–Trinajstić information content (AvgIpc) is 3.19.